The Bertz CT molecular complexity index is 1450. The third kappa shape index (κ3) is 4.44. The molecule has 6 rings (SSSR count). The smallest absolute Gasteiger partial charge is 0.280 e. The van der Waals surface area contributed by atoms with E-state index in [-0.39, 0.29) is 6.10 Å². The number of nitrogens with zero attached hydrogens (tertiary/aromatic N) is 5. The van der Waals surface area contributed by atoms with Crippen molar-refractivity contribution in [3.8, 4) is 34.5 Å². The average Bonchev–Trinajstić information content (AvgIpc) is 3.60. The van der Waals surface area contributed by atoms with Gasteiger partial charge in [0.15, 0.2) is 5.69 Å². The molecule has 0 bridgehead atoms. The molecule has 0 amide bonds. The summed E-state index contributed by atoms with van der Waals surface area (Å²) in [7, 11) is 1.65. The highest BCUT2D eigenvalue weighted by Crippen LogP contribution is 2.31. The maximum absolute atomic E-state index is 6.10. The number of ether oxygens (including phenoxy) is 3. The van der Waals surface area contributed by atoms with E-state index < -0.39 is 0 Å². The molecule has 5 aromatic rings. The van der Waals surface area contributed by atoms with Crippen LogP contribution in [0.3, 0.4) is 0 Å². The monoisotopic (exact) mass is 481 g/mol. The molecule has 0 saturated heterocycles. The van der Waals surface area contributed by atoms with Gasteiger partial charge in [-0.25, -0.2) is 4.68 Å². The third-order valence-corrected chi connectivity index (χ3v) is 6.07. The molecular formula is C27H23N5O4. The first-order valence-corrected chi connectivity index (χ1v) is 11.6. The highest BCUT2D eigenvalue weighted by molar-refractivity contribution is 5.59. The number of aromatic nitrogens is 5. The SMILES string of the molecule is COc1ccc([C@@H]2Cn3nnc(-c4nc(-c5ccc(OCc6ccccc6)cc5)no4)c3CO2)cc1. The summed E-state index contributed by atoms with van der Waals surface area (Å²) in [6.45, 7) is 1.39. The van der Waals surface area contributed by atoms with Crippen molar-refractivity contribution in [2.45, 2.75) is 25.9 Å². The van der Waals surface area contributed by atoms with Crippen LogP contribution in [0.25, 0.3) is 23.0 Å². The van der Waals surface area contributed by atoms with Crippen molar-refractivity contribution in [2.75, 3.05) is 7.11 Å². The lowest BCUT2D eigenvalue weighted by molar-refractivity contribution is -0.00119. The Hall–Kier alpha value is -4.50. The van der Waals surface area contributed by atoms with E-state index >= 15 is 0 Å². The minimum absolute atomic E-state index is 0.126. The first-order chi connectivity index (χ1) is 17.8. The number of benzene rings is 3. The molecule has 0 spiro atoms. The second-order valence-electron chi connectivity index (χ2n) is 8.36. The van der Waals surface area contributed by atoms with E-state index in [1.165, 1.54) is 0 Å². The summed E-state index contributed by atoms with van der Waals surface area (Å²) in [5.41, 5.74) is 4.31. The fourth-order valence-electron chi connectivity index (χ4n) is 4.08. The zero-order valence-corrected chi connectivity index (χ0v) is 19.6. The van der Waals surface area contributed by atoms with E-state index in [4.69, 9.17) is 18.7 Å². The maximum atomic E-state index is 6.10. The number of hydrogen-bond donors (Lipinski definition) is 0. The van der Waals surface area contributed by atoms with E-state index in [0.717, 1.165) is 33.9 Å². The number of fused-ring (bicyclic) bond motifs is 1. The second-order valence-corrected chi connectivity index (χ2v) is 8.36. The summed E-state index contributed by atoms with van der Waals surface area (Å²) < 4.78 is 24.5. The zero-order chi connectivity index (χ0) is 24.3. The van der Waals surface area contributed by atoms with Crippen LogP contribution in [0.15, 0.2) is 83.4 Å². The minimum atomic E-state index is -0.126. The van der Waals surface area contributed by atoms with Crippen LogP contribution in [0.4, 0.5) is 0 Å². The molecule has 1 aliphatic rings. The number of hydrogen-bond acceptors (Lipinski definition) is 8. The molecule has 0 N–H and O–H groups in total. The van der Waals surface area contributed by atoms with Crippen LogP contribution in [0.1, 0.15) is 22.9 Å². The lowest BCUT2D eigenvalue weighted by Gasteiger charge is -2.24. The molecule has 1 atom stereocenters. The van der Waals surface area contributed by atoms with Gasteiger partial charge >= 0.3 is 0 Å². The predicted molar refractivity (Wildman–Crippen MR) is 130 cm³/mol. The van der Waals surface area contributed by atoms with Gasteiger partial charge in [0.2, 0.25) is 5.82 Å². The summed E-state index contributed by atoms with van der Waals surface area (Å²) in [6, 6.07) is 25.4. The van der Waals surface area contributed by atoms with Gasteiger partial charge in [-0.2, -0.15) is 4.98 Å². The second kappa shape index (κ2) is 9.63. The maximum Gasteiger partial charge on any atom is 0.280 e. The van der Waals surface area contributed by atoms with Crippen LogP contribution in [0, 0.1) is 0 Å². The Balaban J connectivity index is 1.14. The van der Waals surface area contributed by atoms with Crippen molar-refractivity contribution >= 4 is 0 Å². The molecule has 3 aromatic carbocycles. The van der Waals surface area contributed by atoms with Gasteiger partial charge in [0, 0.05) is 5.56 Å². The highest BCUT2D eigenvalue weighted by Gasteiger charge is 2.28. The number of methoxy groups -OCH3 is 1. The zero-order valence-electron chi connectivity index (χ0n) is 19.6. The Morgan fingerprint density at radius 3 is 2.50 bits per heavy atom. The van der Waals surface area contributed by atoms with Gasteiger partial charge in [0.25, 0.3) is 5.89 Å². The quantitative estimate of drug-likeness (QED) is 0.325. The summed E-state index contributed by atoms with van der Waals surface area (Å²) in [5.74, 6) is 2.35. The Morgan fingerprint density at radius 1 is 0.944 bits per heavy atom. The van der Waals surface area contributed by atoms with Crippen LogP contribution in [-0.4, -0.2) is 32.2 Å². The molecule has 3 heterocycles. The van der Waals surface area contributed by atoms with Crippen molar-refractivity contribution in [1.29, 1.82) is 0 Å². The Morgan fingerprint density at radius 2 is 1.72 bits per heavy atom. The molecule has 9 nitrogen and oxygen atoms in total. The van der Waals surface area contributed by atoms with Crippen molar-refractivity contribution in [2.24, 2.45) is 0 Å². The standard InChI is InChI=1S/C27H23N5O4/c1-33-21-11-7-19(8-12-21)24-15-32-23(17-35-24)25(29-31-32)27-28-26(30-36-27)20-9-13-22(14-10-20)34-16-18-5-3-2-4-6-18/h2-14,24H,15-17H2,1H3/t24-/m0/s1. The van der Waals surface area contributed by atoms with Gasteiger partial charge in [0.1, 0.15) is 24.2 Å². The van der Waals surface area contributed by atoms with E-state index in [1.54, 1.807) is 7.11 Å². The molecule has 0 unspecified atom stereocenters. The molecule has 1 aliphatic heterocycles. The molecule has 9 heteroatoms. The summed E-state index contributed by atoms with van der Waals surface area (Å²) in [4.78, 5) is 4.55. The lowest BCUT2D eigenvalue weighted by Crippen LogP contribution is -2.22. The van der Waals surface area contributed by atoms with E-state index in [2.05, 4.69) is 20.5 Å². The molecular weight excluding hydrogens is 458 g/mol. The summed E-state index contributed by atoms with van der Waals surface area (Å²) in [6.07, 6.45) is -0.126. The van der Waals surface area contributed by atoms with Crippen LogP contribution >= 0.6 is 0 Å². The molecule has 0 saturated carbocycles. The van der Waals surface area contributed by atoms with Gasteiger partial charge in [-0.05, 0) is 47.5 Å². The van der Waals surface area contributed by atoms with E-state index in [9.17, 15) is 0 Å². The first kappa shape index (κ1) is 22.0. The van der Waals surface area contributed by atoms with Gasteiger partial charge in [0.05, 0.1) is 26.0 Å². The van der Waals surface area contributed by atoms with Gasteiger partial charge in [-0.3, -0.25) is 0 Å². The lowest BCUT2D eigenvalue weighted by atomic mass is 10.1. The van der Waals surface area contributed by atoms with Crippen LogP contribution in [-0.2, 0) is 24.5 Å². The van der Waals surface area contributed by atoms with Crippen molar-refractivity contribution in [1.82, 2.24) is 25.1 Å². The molecule has 2 aromatic heterocycles. The minimum Gasteiger partial charge on any atom is -0.497 e. The fraction of sp³-hybridized carbons (Fsp3) is 0.185. The van der Waals surface area contributed by atoms with Crippen molar-refractivity contribution in [3.63, 3.8) is 0 Å². The molecule has 36 heavy (non-hydrogen) atoms. The topological polar surface area (TPSA) is 97.3 Å². The van der Waals surface area contributed by atoms with Gasteiger partial charge in [-0.1, -0.05) is 52.8 Å². The van der Waals surface area contributed by atoms with E-state index in [0.29, 0.717) is 37.2 Å². The van der Waals surface area contributed by atoms with Gasteiger partial charge in [-0.15, -0.1) is 5.10 Å². The number of rotatable bonds is 7. The Labute approximate surface area is 207 Å². The van der Waals surface area contributed by atoms with Crippen LogP contribution in [0.5, 0.6) is 11.5 Å². The summed E-state index contributed by atoms with van der Waals surface area (Å²) >= 11 is 0. The average molecular weight is 482 g/mol. The largest absolute Gasteiger partial charge is 0.497 e. The van der Waals surface area contributed by atoms with Gasteiger partial charge < -0.3 is 18.7 Å². The van der Waals surface area contributed by atoms with Crippen molar-refractivity contribution in [3.05, 3.63) is 95.7 Å². The summed E-state index contributed by atoms with van der Waals surface area (Å²) in [5, 5.41) is 12.7. The Kier molecular flexibility index (Phi) is 5.88. The molecule has 0 aliphatic carbocycles. The molecule has 0 fully saturated rings. The third-order valence-electron chi connectivity index (χ3n) is 6.07. The van der Waals surface area contributed by atoms with Crippen LogP contribution in [0.2, 0.25) is 0 Å². The van der Waals surface area contributed by atoms with E-state index in [1.807, 2.05) is 83.5 Å². The molecule has 180 valence electrons. The van der Waals surface area contributed by atoms with Crippen molar-refractivity contribution < 1.29 is 18.7 Å². The molecule has 0 radical (unpaired) electrons. The normalized spacial score (nSPS) is 14.9. The van der Waals surface area contributed by atoms with Crippen LogP contribution < -0.4 is 9.47 Å². The fourth-order valence-corrected chi connectivity index (χ4v) is 4.08. The first-order valence-electron chi connectivity index (χ1n) is 11.6. The predicted octanol–water partition coefficient (Wildman–Crippen LogP) is 4.85. The highest BCUT2D eigenvalue weighted by atomic mass is 16.5.